The topological polar surface area (TPSA) is 76.7 Å². The monoisotopic (exact) mass is 652 g/mol. The number of carbonyl (C=O) groups is 2. The SMILES string of the molecule is COc1c(Cl)cc(C(=O)Nc2ccccc2SSc2ccccc2NC(=O)c2cc(Cl)c(OC)c(Cl)c2)cc1Cl. The van der Waals surface area contributed by atoms with E-state index < -0.39 is 0 Å². The summed E-state index contributed by atoms with van der Waals surface area (Å²) in [6, 6.07) is 20.7. The number of ether oxygens (including phenoxy) is 2. The van der Waals surface area contributed by atoms with Crippen LogP contribution in [0.3, 0.4) is 0 Å². The molecule has 0 saturated carbocycles. The molecule has 0 bridgehead atoms. The molecule has 6 nitrogen and oxygen atoms in total. The second-order valence-electron chi connectivity index (χ2n) is 8.01. The Morgan fingerprint density at radius 1 is 0.600 bits per heavy atom. The lowest BCUT2D eigenvalue weighted by Crippen LogP contribution is -2.13. The van der Waals surface area contributed by atoms with Gasteiger partial charge in [-0.1, -0.05) is 92.3 Å². The van der Waals surface area contributed by atoms with E-state index >= 15 is 0 Å². The summed E-state index contributed by atoms with van der Waals surface area (Å²) in [6.07, 6.45) is 0. The van der Waals surface area contributed by atoms with Gasteiger partial charge >= 0.3 is 0 Å². The third-order valence-corrected chi connectivity index (χ3v) is 9.03. The van der Waals surface area contributed by atoms with Gasteiger partial charge < -0.3 is 20.1 Å². The van der Waals surface area contributed by atoms with Crippen LogP contribution in [0.4, 0.5) is 11.4 Å². The molecule has 0 aromatic heterocycles. The molecule has 0 aliphatic carbocycles. The fraction of sp³-hybridized carbons (Fsp3) is 0.0714. The fourth-order valence-electron chi connectivity index (χ4n) is 3.54. The maximum Gasteiger partial charge on any atom is 0.255 e. The summed E-state index contributed by atoms with van der Waals surface area (Å²) in [7, 11) is 5.73. The van der Waals surface area contributed by atoms with Gasteiger partial charge in [0.05, 0.1) is 45.7 Å². The maximum absolute atomic E-state index is 13.0. The molecule has 0 radical (unpaired) electrons. The molecule has 0 aliphatic heterocycles. The summed E-state index contributed by atoms with van der Waals surface area (Å²) in [4.78, 5) is 27.6. The van der Waals surface area contributed by atoms with Crippen LogP contribution in [0.5, 0.6) is 11.5 Å². The van der Waals surface area contributed by atoms with Gasteiger partial charge in [-0.3, -0.25) is 9.59 Å². The summed E-state index contributed by atoms with van der Waals surface area (Å²) in [5.74, 6) is -0.157. The van der Waals surface area contributed by atoms with Gasteiger partial charge in [-0.2, -0.15) is 0 Å². The molecule has 206 valence electrons. The average molecular weight is 654 g/mol. The number of benzene rings is 4. The summed E-state index contributed by atoms with van der Waals surface area (Å²) < 4.78 is 10.3. The van der Waals surface area contributed by atoms with Gasteiger partial charge in [0.25, 0.3) is 11.8 Å². The number of methoxy groups -OCH3 is 2. The van der Waals surface area contributed by atoms with E-state index in [1.807, 2.05) is 36.4 Å². The highest BCUT2D eigenvalue weighted by Crippen LogP contribution is 2.44. The summed E-state index contributed by atoms with van der Waals surface area (Å²) in [5.41, 5.74) is 1.76. The summed E-state index contributed by atoms with van der Waals surface area (Å²) in [5, 5.41) is 6.74. The van der Waals surface area contributed by atoms with Crippen molar-refractivity contribution in [3.63, 3.8) is 0 Å². The molecule has 0 aliphatic rings. The van der Waals surface area contributed by atoms with Crippen LogP contribution in [0, 0.1) is 0 Å². The van der Waals surface area contributed by atoms with Crippen molar-refractivity contribution in [2.45, 2.75) is 9.79 Å². The van der Waals surface area contributed by atoms with E-state index in [1.54, 1.807) is 12.1 Å². The molecule has 0 unspecified atom stereocenters. The Morgan fingerprint density at radius 3 is 1.25 bits per heavy atom. The Morgan fingerprint density at radius 2 is 0.925 bits per heavy atom. The summed E-state index contributed by atoms with van der Waals surface area (Å²) in [6.45, 7) is 0. The molecular weight excluding hydrogens is 634 g/mol. The van der Waals surface area contributed by atoms with Crippen LogP contribution in [0.2, 0.25) is 20.1 Å². The minimum absolute atomic E-state index is 0.233. The van der Waals surface area contributed by atoms with Gasteiger partial charge in [0.2, 0.25) is 0 Å². The predicted octanol–water partition coefficient (Wildman–Crippen LogP) is 9.62. The number of halogens is 4. The van der Waals surface area contributed by atoms with Crippen LogP contribution in [-0.4, -0.2) is 26.0 Å². The number of nitrogens with one attached hydrogen (secondary N) is 2. The lowest BCUT2D eigenvalue weighted by Gasteiger charge is -2.14. The second-order valence-corrected chi connectivity index (χ2v) is 11.9. The Hall–Kier alpha value is -2.72. The number of hydrogen-bond acceptors (Lipinski definition) is 6. The maximum atomic E-state index is 13.0. The van der Waals surface area contributed by atoms with Gasteiger partial charge in [-0.25, -0.2) is 0 Å². The molecule has 2 amide bonds. The highest BCUT2D eigenvalue weighted by molar-refractivity contribution is 8.76. The van der Waals surface area contributed by atoms with E-state index in [1.165, 1.54) is 60.1 Å². The third kappa shape index (κ3) is 7.13. The van der Waals surface area contributed by atoms with Gasteiger partial charge in [-0.15, -0.1) is 0 Å². The summed E-state index contributed by atoms with van der Waals surface area (Å²) >= 11 is 24.8. The Bertz CT molecular complexity index is 1420. The number of hydrogen-bond donors (Lipinski definition) is 2. The zero-order valence-electron chi connectivity index (χ0n) is 20.9. The number of amides is 2. The van der Waals surface area contributed by atoms with Crippen LogP contribution < -0.4 is 20.1 Å². The first-order chi connectivity index (χ1) is 19.2. The van der Waals surface area contributed by atoms with E-state index in [2.05, 4.69) is 10.6 Å². The van der Waals surface area contributed by atoms with Crippen molar-refractivity contribution in [3.8, 4) is 11.5 Å². The number of anilines is 2. The number of rotatable bonds is 9. The van der Waals surface area contributed by atoms with E-state index in [0.717, 1.165) is 9.79 Å². The lowest BCUT2D eigenvalue weighted by molar-refractivity contribution is 0.101. The molecule has 0 saturated heterocycles. The second kappa shape index (κ2) is 13.8. The van der Waals surface area contributed by atoms with E-state index in [-0.39, 0.29) is 43.0 Å². The molecule has 0 spiro atoms. The van der Waals surface area contributed by atoms with Crippen LogP contribution in [0.15, 0.2) is 82.6 Å². The third-order valence-electron chi connectivity index (χ3n) is 5.42. The first-order valence-electron chi connectivity index (χ1n) is 11.4. The van der Waals surface area contributed by atoms with E-state index in [0.29, 0.717) is 22.9 Å². The lowest BCUT2D eigenvalue weighted by atomic mass is 10.2. The Kier molecular flexibility index (Phi) is 10.4. The number of para-hydroxylation sites is 2. The largest absolute Gasteiger partial charge is 0.494 e. The van der Waals surface area contributed by atoms with Crippen molar-refractivity contribution in [2.75, 3.05) is 24.9 Å². The highest BCUT2D eigenvalue weighted by atomic mass is 35.5. The van der Waals surface area contributed by atoms with Crippen molar-refractivity contribution >= 4 is 91.2 Å². The molecule has 4 aromatic rings. The van der Waals surface area contributed by atoms with Gasteiger partial charge in [0.15, 0.2) is 11.5 Å². The number of carbonyl (C=O) groups excluding carboxylic acids is 2. The highest BCUT2D eigenvalue weighted by Gasteiger charge is 2.17. The first kappa shape index (κ1) is 30.2. The average Bonchev–Trinajstić information content (AvgIpc) is 2.93. The normalized spacial score (nSPS) is 10.7. The van der Waals surface area contributed by atoms with Gasteiger partial charge in [0, 0.05) is 20.9 Å². The molecule has 0 heterocycles. The molecular formula is C28H20Cl4N2O4S2. The van der Waals surface area contributed by atoms with Crippen LogP contribution in [0.1, 0.15) is 20.7 Å². The van der Waals surface area contributed by atoms with Crippen LogP contribution in [0.25, 0.3) is 0 Å². The van der Waals surface area contributed by atoms with Crippen LogP contribution >= 0.6 is 68.0 Å². The molecule has 4 aromatic carbocycles. The van der Waals surface area contributed by atoms with Crippen LogP contribution in [-0.2, 0) is 0 Å². The zero-order chi connectivity index (χ0) is 28.8. The Labute approximate surface area is 259 Å². The first-order valence-corrected chi connectivity index (χ1v) is 15.1. The predicted molar refractivity (Wildman–Crippen MR) is 167 cm³/mol. The molecule has 0 atom stereocenters. The van der Waals surface area contributed by atoms with Crippen molar-refractivity contribution in [1.82, 2.24) is 0 Å². The molecule has 4 rings (SSSR count). The minimum atomic E-state index is -0.381. The van der Waals surface area contributed by atoms with Crippen molar-refractivity contribution in [1.29, 1.82) is 0 Å². The molecule has 2 N–H and O–H groups in total. The van der Waals surface area contributed by atoms with Gasteiger partial charge in [0.1, 0.15) is 0 Å². The smallest absolute Gasteiger partial charge is 0.255 e. The molecule has 0 fully saturated rings. The minimum Gasteiger partial charge on any atom is -0.494 e. The Balaban J connectivity index is 1.49. The van der Waals surface area contributed by atoms with Gasteiger partial charge in [-0.05, 0) is 48.5 Å². The quantitative estimate of drug-likeness (QED) is 0.175. The van der Waals surface area contributed by atoms with Crippen molar-refractivity contribution in [3.05, 3.63) is 104 Å². The van der Waals surface area contributed by atoms with E-state index in [9.17, 15) is 9.59 Å². The van der Waals surface area contributed by atoms with Crippen molar-refractivity contribution < 1.29 is 19.1 Å². The van der Waals surface area contributed by atoms with Crippen molar-refractivity contribution in [2.24, 2.45) is 0 Å². The van der Waals surface area contributed by atoms with E-state index in [4.69, 9.17) is 55.9 Å². The zero-order valence-corrected chi connectivity index (χ0v) is 25.5. The molecule has 12 heteroatoms. The standard InChI is InChI=1S/C28H20Cl4N2O4S2/c1-37-25-17(29)11-15(12-18(25)30)27(35)33-21-7-3-5-9-23(21)39-40-24-10-6-4-8-22(24)34-28(36)16-13-19(31)26(38-2)20(32)14-16/h3-14H,1-2H3,(H,33,35)(H,34,36). The fourth-order valence-corrected chi connectivity index (χ4v) is 7.09. The molecule has 40 heavy (non-hydrogen) atoms.